The van der Waals surface area contributed by atoms with E-state index in [1.165, 1.54) is 61.6 Å². The van der Waals surface area contributed by atoms with E-state index < -0.39 is 46.4 Å². The fourth-order valence-corrected chi connectivity index (χ4v) is 4.00. The minimum Gasteiger partial charge on any atom is -0.437 e. The fraction of sp³-hybridized carbons (Fsp3) is 0.208. The number of ether oxygens (including phenoxy) is 1. The summed E-state index contributed by atoms with van der Waals surface area (Å²) in [5, 5.41) is 7.57. The van der Waals surface area contributed by atoms with Crippen molar-refractivity contribution in [3.63, 3.8) is 0 Å². The van der Waals surface area contributed by atoms with Crippen LogP contribution in [0.15, 0.2) is 73.1 Å². The number of esters is 1. The van der Waals surface area contributed by atoms with E-state index in [-0.39, 0.29) is 11.1 Å². The Hall–Kier alpha value is -4.09. The van der Waals surface area contributed by atoms with Gasteiger partial charge in [0.25, 0.3) is 0 Å². The van der Waals surface area contributed by atoms with Crippen molar-refractivity contribution in [2.45, 2.75) is 18.0 Å². The number of aromatic nitrogens is 4. The van der Waals surface area contributed by atoms with Gasteiger partial charge < -0.3 is 4.74 Å². The third kappa shape index (κ3) is 4.34. The summed E-state index contributed by atoms with van der Waals surface area (Å²) in [6.45, 7) is 0. The van der Waals surface area contributed by atoms with E-state index in [0.717, 1.165) is 16.4 Å². The highest BCUT2D eigenvalue weighted by Crippen LogP contribution is 2.49. The second-order valence-corrected chi connectivity index (χ2v) is 7.89. The summed E-state index contributed by atoms with van der Waals surface area (Å²) < 4.78 is 92.4. The van der Waals surface area contributed by atoms with Crippen LogP contribution in [0, 0.1) is 0 Å². The first-order valence-electron chi connectivity index (χ1n) is 10.4. The summed E-state index contributed by atoms with van der Waals surface area (Å²) in [7, 11) is 2.30. The lowest BCUT2D eigenvalue weighted by molar-refractivity contribution is -0.141. The van der Waals surface area contributed by atoms with Crippen molar-refractivity contribution in [3.05, 3.63) is 107 Å². The maximum atomic E-state index is 14.2. The molecule has 36 heavy (non-hydrogen) atoms. The molecule has 0 aliphatic heterocycles. The first-order chi connectivity index (χ1) is 16.9. The summed E-state index contributed by atoms with van der Waals surface area (Å²) in [4.78, 5) is 13.3. The van der Waals surface area contributed by atoms with Crippen molar-refractivity contribution < 1.29 is 35.9 Å². The van der Waals surface area contributed by atoms with Crippen LogP contribution in [-0.2, 0) is 36.8 Å². The molecule has 0 bridgehead atoms. The van der Waals surface area contributed by atoms with E-state index in [9.17, 15) is 31.1 Å². The minimum absolute atomic E-state index is 0.0852. The van der Waals surface area contributed by atoms with Crippen LogP contribution in [-0.4, -0.2) is 25.5 Å². The Bertz CT molecular complexity index is 1380. The van der Waals surface area contributed by atoms with Crippen LogP contribution in [0.4, 0.5) is 26.3 Å². The quantitative estimate of drug-likeness (QED) is 0.270. The van der Waals surface area contributed by atoms with Crippen LogP contribution in [0.1, 0.15) is 38.4 Å². The summed E-state index contributed by atoms with van der Waals surface area (Å²) in [5.41, 5.74) is -7.59. The standard InChI is InChI=1S/C24H18F6N4O2/c1-33-14-18(24(28,29)30)19(32-33)22(16-11-7-4-8-12-16,36-21(35)15-9-5-3-6-10-15)20-17(23(25,26)27)13-31-34(20)2/h3-14H,1-2H3/t22-/m0/s1. The Balaban J connectivity index is 2.16. The van der Waals surface area contributed by atoms with Crippen LogP contribution in [0.3, 0.4) is 0 Å². The number of halogens is 6. The van der Waals surface area contributed by atoms with Gasteiger partial charge >= 0.3 is 18.3 Å². The third-order valence-electron chi connectivity index (χ3n) is 5.48. The number of benzene rings is 2. The molecule has 188 valence electrons. The van der Waals surface area contributed by atoms with Gasteiger partial charge in [0.15, 0.2) is 0 Å². The Morgan fingerprint density at radius 1 is 0.833 bits per heavy atom. The number of alkyl halides is 6. The molecule has 0 unspecified atom stereocenters. The maximum absolute atomic E-state index is 14.2. The van der Waals surface area contributed by atoms with Crippen molar-refractivity contribution in [1.82, 2.24) is 19.6 Å². The van der Waals surface area contributed by atoms with Gasteiger partial charge in [0, 0.05) is 25.9 Å². The van der Waals surface area contributed by atoms with E-state index in [4.69, 9.17) is 4.74 Å². The third-order valence-corrected chi connectivity index (χ3v) is 5.48. The molecule has 0 amide bonds. The lowest BCUT2D eigenvalue weighted by Gasteiger charge is -2.35. The molecule has 1 atom stereocenters. The molecule has 0 radical (unpaired) electrons. The van der Waals surface area contributed by atoms with Crippen LogP contribution in [0.25, 0.3) is 0 Å². The molecule has 2 heterocycles. The molecule has 0 fully saturated rings. The van der Waals surface area contributed by atoms with E-state index >= 15 is 0 Å². The van der Waals surface area contributed by atoms with Crippen LogP contribution in [0.2, 0.25) is 0 Å². The lowest BCUT2D eigenvalue weighted by Crippen LogP contribution is -2.41. The van der Waals surface area contributed by atoms with Crippen LogP contribution < -0.4 is 0 Å². The number of hydrogen-bond donors (Lipinski definition) is 0. The number of carbonyl (C=O) groups is 1. The molecule has 0 N–H and O–H groups in total. The largest absolute Gasteiger partial charge is 0.437 e. The summed E-state index contributed by atoms with van der Waals surface area (Å²) >= 11 is 0. The summed E-state index contributed by atoms with van der Waals surface area (Å²) in [6.07, 6.45) is -9.00. The molecule has 0 saturated carbocycles. The SMILES string of the molecule is Cn1cc(C(F)(F)F)c([C@@](OC(=O)c2ccccc2)(c2ccccc2)c2c(C(F)(F)F)cnn2C)n1. The average Bonchev–Trinajstić information content (AvgIpc) is 3.42. The molecule has 4 rings (SSSR count). The Morgan fingerprint density at radius 3 is 1.94 bits per heavy atom. The molecule has 12 heteroatoms. The van der Waals surface area contributed by atoms with Gasteiger partial charge in [-0.15, -0.1) is 0 Å². The fourth-order valence-electron chi connectivity index (χ4n) is 4.00. The monoisotopic (exact) mass is 508 g/mol. The molecule has 2 aromatic heterocycles. The Morgan fingerprint density at radius 2 is 1.39 bits per heavy atom. The predicted octanol–water partition coefficient (Wildman–Crippen LogP) is 5.34. The number of hydrogen-bond acceptors (Lipinski definition) is 4. The smallest absolute Gasteiger partial charge is 0.419 e. The van der Waals surface area contributed by atoms with Gasteiger partial charge in [0.2, 0.25) is 5.60 Å². The van der Waals surface area contributed by atoms with Crippen LogP contribution in [0.5, 0.6) is 0 Å². The highest BCUT2D eigenvalue weighted by Gasteiger charge is 2.55. The maximum Gasteiger partial charge on any atom is 0.419 e. The molecule has 0 aliphatic carbocycles. The predicted molar refractivity (Wildman–Crippen MR) is 115 cm³/mol. The number of carbonyl (C=O) groups excluding carboxylic acids is 1. The van der Waals surface area contributed by atoms with Gasteiger partial charge in [-0.25, -0.2) is 4.79 Å². The summed E-state index contributed by atoms with van der Waals surface area (Å²) in [5.74, 6) is -1.16. The van der Waals surface area contributed by atoms with E-state index in [1.807, 2.05) is 0 Å². The second-order valence-electron chi connectivity index (χ2n) is 7.89. The number of nitrogens with zero attached hydrogens (tertiary/aromatic N) is 4. The second kappa shape index (κ2) is 8.85. The molecular weight excluding hydrogens is 490 g/mol. The highest BCUT2D eigenvalue weighted by molar-refractivity contribution is 5.90. The van der Waals surface area contributed by atoms with Crippen molar-refractivity contribution in [2.24, 2.45) is 14.1 Å². The van der Waals surface area contributed by atoms with Gasteiger partial charge in [-0.05, 0) is 12.1 Å². The molecular formula is C24H18F6N4O2. The van der Waals surface area contributed by atoms with E-state index in [1.54, 1.807) is 6.07 Å². The first-order valence-corrected chi connectivity index (χ1v) is 10.4. The van der Waals surface area contributed by atoms with Gasteiger partial charge in [0.05, 0.1) is 11.8 Å². The Kier molecular flexibility index (Phi) is 6.15. The van der Waals surface area contributed by atoms with Crippen molar-refractivity contribution in [3.8, 4) is 0 Å². The molecule has 6 nitrogen and oxygen atoms in total. The van der Waals surface area contributed by atoms with E-state index in [0.29, 0.717) is 12.4 Å². The van der Waals surface area contributed by atoms with Crippen molar-refractivity contribution in [2.75, 3.05) is 0 Å². The van der Waals surface area contributed by atoms with E-state index in [2.05, 4.69) is 10.2 Å². The zero-order chi connectivity index (χ0) is 26.3. The first kappa shape index (κ1) is 25.0. The topological polar surface area (TPSA) is 61.9 Å². The molecule has 4 aromatic rings. The van der Waals surface area contributed by atoms with Gasteiger partial charge in [-0.2, -0.15) is 36.5 Å². The highest BCUT2D eigenvalue weighted by atomic mass is 19.4. The number of rotatable bonds is 5. The zero-order valence-electron chi connectivity index (χ0n) is 18.8. The number of aryl methyl sites for hydroxylation is 2. The van der Waals surface area contributed by atoms with Crippen molar-refractivity contribution in [1.29, 1.82) is 0 Å². The summed E-state index contributed by atoms with van der Waals surface area (Å²) in [6, 6.07) is 14.1. The van der Waals surface area contributed by atoms with Gasteiger partial charge in [-0.3, -0.25) is 9.36 Å². The van der Waals surface area contributed by atoms with Gasteiger partial charge in [0.1, 0.15) is 22.5 Å². The molecule has 0 spiro atoms. The molecule has 0 aliphatic rings. The Labute approximate surface area is 200 Å². The van der Waals surface area contributed by atoms with Crippen LogP contribution >= 0.6 is 0 Å². The normalized spacial score (nSPS) is 13.9. The molecule has 0 saturated heterocycles. The zero-order valence-corrected chi connectivity index (χ0v) is 18.8. The average molecular weight is 508 g/mol. The lowest BCUT2D eigenvalue weighted by atomic mass is 9.82. The molecule has 2 aromatic carbocycles. The van der Waals surface area contributed by atoms with Gasteiger partial charge in [-0.1, -0.05) is 48.5 Å². The van der Waals surface area contributed by atoms with Crippen molar-refractivity contribution >= 4 is 5.97 Å². The minimum atomic E-state index is -5.05.